The van der Waals surface area contributed by atoms with Crippen LogP contribution in [0.2, 0.25) is 5.02 Å². The minimum atomic E-state index is -3.00. The number of halogens is 4. The monoisotopic (exact) mass is 510 g/mol. The van der Waals surface area contributed by atoms with Crippen LogP contribution in [0.3, 0.4) is 0 Å². The van der Waals surface area contributed by atoms with E-state index < -0.39 is 12.5 Å². The maximum atomic E-state index is 12.7. The van der Waals surface area contributed by atoms with E-state index in [1.165, 1.54) is 28.8 Å². The summed E-state index contributed by atoms with van der Waals surface area (Å²) < 4.78 is 33.1. The van der Waals surface area contributed by atoms with Crippen molar-refractivity contribution in [2.75, 3.05) is 5.32 Å². The molecule has 1 amide bonds. The zero-order valence-corrected chi connectivity index (χ0v) is 18.2. The maximum absolute atomic E-state index is 12.7. The van der Waals surface area contributed by atoms with E-state index in [1.807, 2.05) is 13.1 Å². The maximum Gasteiger partial charge on any atom is 0.387 e. The molecule has 4 rings (SSSR count). The van der Waals surface area contributed by atoms with Crippen LogP contribution in [0.4, 0.5) is 14.5 Å². The Balaban J connectivity index is 1.62. The minimum Gasteiger partial charge on any atom is -0.433 e. The van der Waals surface area contributed by atoms with Crippen molar-refractivity contribution >= 4 is 44.8 Å². The van der Waals surface area contributed by atoms with Crippen LogP contribution in [0.25, 0.3) is 17.0 Å². The first-order chi connectivity index (χ1) is 14.9. The summed E-state index contributed by atoms with van der Waals surface area (Å²) in [5, 5.41) is 11.4. The van der Waals surface area contributed by atoms with Gasteiger partial charge in [0, 0.05) is 30.7 Å². The Morgan fingerprint density at radius 2 is 2.10 bits per heavy atom. The molecule has 0 aliphatic carbocycles. The molecule has 0 saturated carbocycles. The summed E-state index contributed by atoms with van der Waals surface area (Å²) in [6.45, 7) is -0.329. The third kappa shape index (κ3) is 4.37. The Morgan fingerprint density at radius 3 is 2.77 bits per heavy atom. The zero-order chi connectivity index (χ0) is 22.1. The highest BCUT2D eigenvalue weighted by Crippen LogP contribution is 2.30. The van der Waals surface area contributed by atoms with Gasteiger partial charge in [0.25, 0.3) is 5.91 Å². The van der Waals surface area contributed by atoms with Crippen molar-refractivity contribution < 1.29 is 18.3 Å². The number of benzene rings is 1. The SMILES string of the molecule is CCn1cc(Br)c(-c2ccnc3cc(C(=O)Nc4ccc(OC(F)F)c(Cl)c4)nn23)n1. The van der Waals surface area contributed by atoms with Crippen molar-refractivity contribution in [2.45, 2.75) is 20.1 Å². The summed E-state index contributed by atoms with van der Waals surface area (Å²) in [4.78, 5) is 16.9. The summed E-state index contributed by atoms with van der Waals surface area (Å²) in [7, 11) is 0. The molecule has 160 valence electrons. The number of amides is 1. The second-order valence-electron chi connectivity index (χ2n) is 6.29. The van der Waals surface area contributed by atoms with E-state index in [0.717, 1.165) is 4.47 Å². The van der Waals surface area contributed by atoms with Gasteiger partial charge in [-0.1, -0.05) is 11.6 Å². The lowest BCUT2D eigenvalue weighted by Crippen LogP contribution is -2.13. The number of rotatable bonds is 6. The summed E-state index contributed by atoms with van der Waals surface area (Å²) in [5.41, 5.74) is 2.17. The van der Waals surface area contributed by atoms with Crippen LogP contribution in [0, 0.1) is 0 Å². The predicted octanol–water partition coefficient (Wildman–Crippen LogP) is 4.88. The molecular formula is C19H14BrClF2N6O2. The number of carbonyl (C=O) groups is 1. The third-order valence-corrected chi connectivity index (χ3v) is 5.16. The summed E-state index contributed by atoms with van der Waals surface area (Å²) in [6.07, 6.45) is 3.46. The molecule has 0 fully saturated rings. The number of fused-ring (bicyclic) bond motifs is 1. The van der Waals surface area contributed by atoms with Crippen molar-refractivity contribution in [3.8, 4) is 17.1 Å². The average molecular weight is 512 g/mol. The fraction of sp³-hybridized carbons (Fsp3) is 0.158. The number of aromatic nitrogens is 5. The van der Waals surface area contributed by atoms with Crippen molar-refractivity contribution in [2.24, 2.45) is 0 Å². The van der Waals surface area contributed by atoms with Gasteiger partial charge in [-0.2, -0.15) is 19.0 Å². The van der Waals surface area contributed by atoms with Crippen molar-refractivity contribution in [1.82, 2.24) is 24.4 Å². The quantitative estimate of drug-likeness (QED) is 0.399. The number of ether oxygens (including phenoxy) is 1. The second kappa shape index (κ2) is 8.60. The molecule has 8 nitrogen and oxygen atoms in total. The van der Waals surface area contributed by atoms with E-state index in [2.05, 4.69) is 41.2 Å². The molecule has 0 atom stereocenters. The molecule has 12 heteroatoms. The number of anilines is 1. The Labute approximate surface area is 187 Å². The lowest BCUT2D eigenvalue weighted by molar-refractivity contribution is -0.0497. The first kappa shape index (κ1) is 21.2. The highest BCUT2D eigenvalue weighted by molar-refractivity contribution is 9.10. The molecule has 0 unspecified atom stereocenters. The molecule has 0 aliphatic rings. The van der Waals surface area contributed by atoms with Crippen molar-refractivity contribution in [1.29, 1.82) is 0 Å². The number of hydrogen-bond acceptors (Lipinski definition) is 5. The molecule has 0 saturated heterocycles. The van der Waals surface area contributed by atoms with Crippen LogP contribution in [0.5, 0.6) is 5.75 Å². The van der Waals surface area contributed by atoms with Crippen LogP contribution >= 0.6 is 27.5 Å². The first-order valence-electron chi connectivity index (χ1n) is 8.99. The molecule has 4 aromatic rings. The summed E-state index contributed by atoms with van der Waals surface area (Å²) in [6, 6.07) is 7.23. The van der Waals surface area contributed by atoms with Gasteiger partial charge >= 0.3 is 6.61 Å². The smallest absolute Gasteiger partial charge is 0.387 e. The highest BCUT2D eigenvalue weighted by Gasteiger charge is 2.18. The number of carbonyl (C=O) groups excluding carboxylic acids is 1. The number of alkyl halides is 2. The standard InChI is InChI=1S/C19H14BrClF2N6O2/c1-2-28-9-11(20)17(27-28)14-5-6-24-16-8-13(26-29(14)16)18(30)25-10-3-4-15(12(21)7-10)31-19(22)23/h3-9,19H,2H2,1H3,(H,25,30). The van der Waals surface area contributed by atoms with Gasteiger partial charge in [-0.15, -0.1) is 0 Å². The van der Waals surface area contributed by atoms with Gasteiger partial charge in [-0.3, -0.25) is 9.48 Å². The van der Waals surface area contributed by atoms with Gasteiger partial charge in [-0.25, -0.2) is 9.50 Å². The highest BCUT2D eigenvalue weighted by atomic mass is 79.9. The van der Waals surface area contributed by atoms with Crippen LogP contribution in [-0.2, 0) is 6.54 Å². The molecular weight excluding hydrogens is 498 g/mol. The fourth-order valence-corrected chi connectivity index (χ4v) is 3.63. The van der Waals surface area contributed by atoms with E-state index in [9.17, 15) is 13.6 Å². The summed E-state index contributed by atoms with van der Waals surface area (Å²) >= 11 is 9.43. The second-order valence-corrected chi connectivity index (χ2v) is 7.55. The topological polar surface area (TPSA) is 86.3 Å². The lowest BCUT2D eigenvalue weighted by atomic mass is 10.3. The Kier molecular flexibility index (Phi) is 5.88. The van der Waals surface area contributed by atoms with E-state index in [0.29, 0.717) is 29.3 Å². The van der Waals surface area contributed by atoms with Crippen LogP contribution in [-0.4, -0.2) is 36.9 Å². The van der Waals surface area contributed by atoms with Gasteiger partial charge < -0.3 is 10.1 Å². The van der Waals surface area contributed by atoms with Gasteiger partial charge in [-0.05, 0) is 47.1 Å². The van der Waals surface area contributed by atoms with Gasteiger partial charge in [0.05, 0.1) is 15.2 Å². The Bertz CT molecular complexity index is 1280. The number of nitrogens with zero attached hydrogens (tertiary/aromatic N) is 5. The zero-order valence-electron chi connectivity index (χ0n) is 15.9. The van der Waals surface area contributed by atoms with E-state index in [-0.39, 0.29) is 16.5 Å². The molecule has 1 N–H and O–H groups in total. The van der Waals surface area contributed by atoms with E-state index >= 15 is 0 Å². The van der Waals surface area contributed by atoms with Gasteiger partial charge in [0.2, 0.25) is 0 Å². The first-order valence-corrected chi connectivity index (χ1v) is 10.2. The normalized spacial score (nSPS) is 11.3. The van der Waals surface area contributed by atoms with Crippen LogP contribution < -0.4 is 10.1 Å². The Morgan fingerprint density at radius 1 is 1.29 bits per heavy atom. The molecule has 0 aliphatic heterocycles. The largest absolute Gasteiger partial charge is 0.433 e. The van der Waals surface area contributed by atoms with Crippen molar-refractivity contribution in [3.05, 3.63) is 57.9 Å². The molecule has 3 aromatic heterocycles. The lowest BCUT2D eigenvalue weighted by Gasteiger charge is -2.09. The molecule has 3 heterocycles. The molecule has 1 aromatic carbocycles. The number of nitrogens with one attached hydrogen (secondary N) is 1. The van der Waals surface area contributed by atoms with Crippen molar-refractivity contribution in [3.63, 3.8) is 0 Å². The minimum absolute atomic E-state index is 0.0617. The fourth-order valence-electron chi connectivity index (χ4n) is 2.88. The Hall–Kier alpha value is -3.05. The molecule has 0 radical (unpaired) electrons. The van der Waals surface area contributed by atoms with Crippen LogP contribution in [0.1, 0.15) is 17.4 Å². The van der Waals surface area contributed by atoms with Crippen LogP contribution in [0.15, 0.2) is 47.2 Å². The third-order valence-electron chi connectivity index (χ3n) is 4.28. The van der Waals surface area contributed by atoms with Gasteiger partial charge in [0.1, 0.15) is 11.4 Å². The van der Waals surface area contributed by atoms with E-state index in [1.54, 1.807) is 16.9 Å². The average Bonchev–Trinajstić information content (AvgIpc) is 3.33. The number of hydrogen-bond donors (Lipinski definition) is 1. The molecule has 0 spiro atoms. The van der Waals surface area contributed by atoms with Gasteiger partial charge in [0.15, 0.2) is 11.3 Å². The predicted molar refractivity (Wildman–Crippen MR) is 114 cm³/mol. The molecule has 31 heavy (non-hydrogen) atoms. The summed E-state index contributed by atoms with van der Waals surface area (Å²) in [5.74, 6) is -0.707. The number of aryl methyl sites for hydroxylation is 1. The molecule has 0 bridgehead atoms. The van der Waals surface area contributed by atoms with E-state index in [4.69, 9.17) is 11.6 Å².